The van der Waals surface area contributed by atoms with Crippen LogP contribution in [-0.2, 0) is 32.0 Å². The number of amides is 3. The summed E-state index contributed by atoms with van der Waals surface area (Å²) in [4.78, 5) is 49.8. The topological polar surface area (TPSA) is 151 Å². The second-order valence-corrected chi connectivity index (χ2v) is 8.38. The van der Waals surface area contributed by atoms with Crippen LogP contribution in [0.25, 0.3) is 0 Å². The molecular formula is C26H34N4O5. The first-order valence-corrected chi connectivity index (χ1v) is 11.7. The monoisotopic (exact) mass is 482 g/mol. The summed E-state index contributed by atoms with van der Waals surface area (Å²) in [7, 11) is 0. The number of carbonyl (C=O) groups excluding carboxylic acids is 3. The van der Waals surface area contributed by atoms with E-state index in [1.165, 1.54) is 6.92 Å². The van der Waals surface area contributed by atoms with Crippen molar-refractivity contribution >= 4 is 23.7 Å². The van der Waals surface area contributed by atoms with E-state index in [1.54, 1.807) is 0 Å². The maximum Gasteiger partial charge on any atom is 0.326 e. The van der Waals surface area contributed by atoms with E-state index >= 15 is 0 Å². The molecule has 188 valence electrons. The number of unbranched alkanes of at least 4 members (excludes halogenated alkanes) is 1. The molecule has 0 aromatic heterocycles. The van der Waals surface area contributed by atoms with Gasteiger partial charge in [0.05, 0.1) is 0 Å². The summed E-state index contributed by atoms with van der Waals surface area (Å²) < 4.78 is 0. The fraction of sp³-hybridized carbons (Fsp3) is 0.385. The van der Waals surface area contributed by atoms with Gasteiger partial charge in [-0.25, -0.2) is 4.79 Å². The molecule has 0 fully saturated rings. The Balaban J connectivity index is 2.20. The number of carboxylic acid groups (broad SMARTS) is 1. The van der Waals surface area contributed by atoms with Crippen molar-refractivity contribution in [3.8, 4) is 0 Å². The standard InChI is InChI=1S/C26H34N4O5/c1-18(31)28-22(16-19-10-4-2-5-11-19)24(32)30-23(17-20-12-6-3-7-13-20)25(33)29-21(26(34)35)14-8-9-15-27/h2-7,10-13,21-23H,8-9,14-17,27H2,1H3,(H,28,31)(H,29,33)(H,30,32)(H,34,35)/t21-,22-,23-/m0/s1. The van der Waals surface area contributed by atoms with Crippen LogP contribution in [0.15, 0.2) is 60.7 Å². The molecule has 6 N–H and O–H groups in total. The minimum absolute atomic E-state index is 0.158. The van der Waals surface area contributed by atoms with Gasteiger partial charge in [-0.15, -0.1) is 0 Å². The highest BCUT2D eigenvalue weighted by Crippen LogP contribution is 2.08. The average Bonchev–Trinajstić information content (AvgIpc) is 2.83. The molecule has 9 heteroatoms. The fourth-order valence-electron chi connectivity index (χ4n) is 3.66. The van der Waals surface area contributed by atoms with E-state index in [0.29, 0.717) is 19.4 Å². The van der Waals surface area contributed by atoms with E-state index in [9.17, 15) is 24.3 Å². The van der Waals surface area contributed by atoms with Gasteiger partial charge in [0.2, 0.25) is 17.7 Å². The lowest BCUT2D eigenvalue weighted by atomic mass is 10.0. The lowest BCUT2D eigenvalue weighted by molar-refractivity contribution is -0.142. The van der Waals surface area contributed by atoms with Crippen LogP contribution in [0.5, 0.6) is 0 Å². The van der Waals surface area contributed by atoms with Crippen molar-refractivity contribution in [1.82, 2.24) is 16.0 Å². The number of aliphatic carboxylic acids is 1. The normalized spacial score (nSPS) is 13.2. The first-order valence-electron chi connectivity index (χ1n) is 11.7. The maximum absolute atomic E-state index is 13.2. The Labute approximate surface area is 205 Å². The highest BCUT2D eigenvalue weighted by atomic mass is 16.4. The van der Waals surface area contributed by atoms with Crippen LogP contribution in [0.3, 0.4) is 0 Å². The lowest BCUT2D eigenvalue weighted by Crippen LogP contribution is -2.56. The predicted octanol–water partition coefficient (Wildman–Crippen LogP) is 1.16. The molecule has 0 saturated heterocycles. The third-order valence-corrected chi connectivity index (χ3v) is 5.45. The lowest BCUT2D eigenvalue weighted by Gasteiger charge is -2.24. The number of hydrogen-bond acceptors (Lipinski definition) is 5. The van der Waals surface area contributed by atoms with E-state index in [4.69, 9.17) is 5.73 Å². The van der Waals surface area contributed by atoms with Gasteiger partial charge in [-0.05, 0) is 36.9 Å². The summed E-state index contributed by atoms with van der Waals surface area (Å²) >= 11 is 0. The van der Waals surface area contributed by atoms with Crippen LogP contribution < -0.4 is 21.7 Å². The summed E-state index contributed by atoms with van der Waals surface area (Å²) in [6.07, 6.45) is 1.81. The van der Waals surface area contributed by atoms with E-state index in [0.717, 1.165) is 11.1 Å². The largest absolute Gasteiger partial charge is 0.480 e. The van der Waals surface area contributed by atoms with E-state index < -0.39 is 35.9 Å². The molecule has 2 aromatic rings. The quantitative estimate of drug-likeness (QED) is 0.255. The molecular weight excluding hydrogens is 448 g/mol. The second kappa shape index (κ2) is 14.5. The second-order valence-electron chi connectivity index (χ2n) is 8.38. The molecule has 3 amide bonds. The van der Waals surface area contributed by atoms with Crippen molar-refractivity contribution in [2.45, 2.75) is 57.2 Å². The molecule has 0 aliphatic rings. The highest BCUT2D eigenvalue weighted by molar-refractivity contribution is 5.93. The van der Waals surface area contributed by atoms with E-state index in [1.807, 2.05) is 60.7 Å². The molecule has 0 bridgehead atoms. The third-order valence-electron chi connectivity index (χ3n) is 5.45. The zero-order chi connectivity index (χ0) is 25.6. The summed E-state index contributed by atoms with van der Waals surface area (Å²) in [5.74, 6) is -2.67. The average molecular weight is 483 g/mol. The van der Waals surface area contributed by atoms with Crippen LogP contribution in [0, 0.1) is 0 Å². The molecule has 0 spiro atoms. The minimum atomic E-state index is -1.15. The summed E-state index contributed by atoms with van der Waals surface area (Å²) in [5, 5.41) is 17.5. The molecule has 0 radical (unpaired) electrons. The third kappa shape index (κ3) is 9.97. The Morgan fingerprint density at radius 1 is 0.743 bits per heavy atom. The molecule has 0 aliphatic carbocycles. The van der Waals surface area contributed by atoms with Crippen molar-refractivity contribution in [2.24, 2.45) is 5.73 Å². The molecule has 2 rings (SSSR count). The number of carboxylic acids is 1. The SMILES string of the molecule is CC(=O)N[C@@H](Cc1ccccc1)C(=O)N[C@@H](Cc1ccccc1)C(=O)N[C@@H](CCCCN)C(=O)O. The Morgan fingerprint density at radius 2 is 1.20 bits per heavy atom. The van der Waals surface area contributed by atoms with Crippen LogP contribution in [0.4, 0.5) is 0 Å². The van der Waals surface area contributed by atoms with Gasteiger partial charge in [0.25, 0.3) is 0 Å². The van der Waals surface area contributed by atoms with Gasteiger partial charge in [-0.3, -0.25) is 14.4 Å². The first-order chi connectivity index (χ1) is 16.8. The molecule has 35 heavy (non-hydrogen) atoms. The molecule has 9 nitrogen and oxygen atoms in total. The van der Waals surface area contributed by atoms with E-state index in [2.05, 4.69) is 16.0 Å². The molecule has 0 saturated carbocycles. The summed E-state index contributed by atoms with van der Waals surface area (Å²) in [6, 6.07) is 15.3. The van der Waals surface area contributed by atoms with Crippen LogP contribution in [0.2, 0.25) is 0 Å². The van der Waals surface area contributed by atoms with Crippen LogP contribution in [-0.4, -0.2) is 53.5 Å². The van der Waals surface area contributed by atoms with Gasteiger partial charge < -0.3 is 26.8 Å². The van der Waals surface area contributed by atoms with Crippen molar-refractivity contribution < 1.29 is 24.3 Å². The van der Waals surface area contributed by atoms with Gasteiger partial charge in [-0.1, -0.05) is 60.7 Å². The summed E-state index contributed by atoms with van der Waals surface area (Å²) in [6.45, 7) is 1.75. The molecule has 0 unspecified atom stereocenters. The number of hydrogen-bond donors (Lipinski definition) is 5. The highest BCUT2D eigenvalue weighted by Gasteiger charge is 2.29. The number of nitrogens with two attached hydrogens (primary N) is 1. The Morgan fingerprint density at radius 3 is 1.63 bits per heavy atom. The van der Waals surface area contributed by atoms with Crippen LogP contribution in [0.1, 0.15) is 37.3 Å². The number of benzene rings is 2. The zero-order valence-electron chi connectivity index (χ0n) is 19.9. The Hall–Kier alpha value is -3.72. The van der Waals surface area contributed by atoms with Crippen molar-refractivity contribution in [3.05, 3.63) is 71.8 Å². The zero-order valence-corrected chi connectivity index (χ0v) is 19.9. The Bertz CT molecular complexity index is 968. The van der Waals surface area contributed by atoms with Crippen molar-refractivity contribution in [3.63, 3.8) is 0 Å². The smallest absolute Gasteiger partial charge is 0.326 e. The van der Waals surface area contributed by atoms with Crippen LogP contribution >= 0.6 is 0 Å². The van der Waals surface area contributed by atoms with Gasteiger partial charge >= 0.3 is 5.97 Å². The van der Waals surface area contributed by atoms with Gasteiger partial charge in [0.1, 0.15) is 18.1 Å². The number of nitrogens with one attached hydrogen (secondary N) is 3. The molecule has 2 aromatic carbocycles. The Kier molecular flexibility index (Phi) is 11.4. The van der Waals surface area contributed by atoms with Crippen molar-refractivity contribution in [1.29, 1.82) is 0 Å². The van der Waals surface area contributed by atoms with Gasteiger partial charge in [0.15, 0.2) is 0 Å². The molecule has 3 atom stereocenters. The first kappa shape index (κ1) is 27.5. The number of carbonyl (C=O) groups is 4. The fourth-order valence-corrected chi connectivity index (χ4v) is 3.66. The molecule has 0 aliphatic heterocycles. The van der Waals surface area contributed by atoms with Gasteiger partial charge in [-0.2, -0.15) is 0 Å². The summed E-state index contributed by atoms with van der Waals surface area (Å²) in [5.41, 5.74) is 7.12. The van der Waals surface area contributed by atoms with Crippen molar-refractivity contribution in [2.75, 3.05) is 6.54 Å². The van der Waals surface area contributed by atoms with Gasteiger partial charge in [0, 0.05) is 19.8 Å². The van der Waals surface area contributed by atoms with E-state index in [-0.39, 0.29) is 25.2 Å². The molecule has 0 heterocycles. The number of rotatable bonds is 14. The minimum Gasteiger partial charge on any atom is -0.480 e. The predicted molar refractivity (Wildman–Crippen MR) is 132 cm³/mol. The maximum atomic E-state index is 13.2.